The lowest BCUT2D eigenvalue weighted by atomic mass is 10.3. The first kappa shape index (κ1) is 13.0. The maximum Gasteiger partial charge on any atom is 0.226 e. The summed E-state index contributed by atoms with van der Waals surface area (Å²) in [4.78, 5) is 11.4. The zero-order valence-corrected chi connectivity index (χ0v) is 9.60. The standard InChI is InChI=1S/C12H14N2O3/c1-16-7-5-12(15)14-10-3-2-4-11(9-10)17-8-6-13/h2-4,9H,5,7-8H2,1H3,(H,14,15). The normalized spacial score (nSPS) is 9.41. The van der Waals surface area contributed by atoms with Crippen LogP contribution in [0.3, 0.4) is 0 Å². The summed E-state index contributed by atoms with van der Waals surface area (Å²) in [5, 5.41) is 11.1. The minimum Gasteiger partial charge on any atom is -0.479 e. The first-order valence-corrected chi connectivity index (χ1v) is 5.15. The van der Waals surface area contributed by atoms with Crippen molar-refractivity contribution in [1.29, 1.82) is 5.26 Å². The number of anilines is 1. The van der Waals surface area contributed by atoms with Crippen molar-refractivity contribution in [1.82, 2.24) is 0 Å². The van der Waals surface area contributed by atoms with Crippen LogP contribution in [0.5, 0.6) is 5.75 Å². The number of hydrogen-bond donors (Lipinski definition) is 1. The van der Waals surface area contributed by atoms with Gasteiger partial charge in [-0.1, -0.05) is 6.07 Å². The van der Waals surface area contributed by atoms with Crippen LogP contribution >= 0.6 is 0 Å². The lowest BCUT2D eigenvalue weighted by Gasteiger charge is -2.07. The highest BCUT2D eigenvalue weighted by Crippen LogP contribution is 2.17. The van der Waals surface area contributed by atoms with Crippen molar-refractivity contribution in [2.24, 2.45) is 0 Å². The second-order valence-corrected chi connectivity index (χ2v) is 3.27. The van der Waals surface area contributed by atoms with Crippen LogP contribution in [0, 0.1) is 11.3 Å². The second-order valence-electron chi connectivity index (χ2n) is 3.27. The molecule has 0 atom stereocenters. The molecule has 17 heavy (non-hydrogen) atoms. The number of carbonyl (C=O) groups is 1. The van der Waals surface area contributed by atoms with Gasteiger partial charge in [0.2, 0.25) is 5.91 Å². The highest BCUT2D eigenvalue weighted by molar-refractivity contribution is 5.90. The third-order valence-electron chi connectivity index (χ3n) is 1.95. The lowest BCUT2D eigenvalue weighted by molar-refractivity contribution is -0.117. The van der Waals surface area contributed by atoms with Crippen LogP contribution in [0.25, 0.3) is 0 Å². The Bertz CT molecular complexity index is 412. The van der Waals surface area contributed by atoms with Gasteiger partial charge in [-0.05, 0) is 12.1 Å². The molecule has 1 aromatic rings. The number of amides is 1. The van der Waals surface area contributed by atoms with E-state index in [1.54, 1.807) is 31.4 Å². The van der Waals surface area contributed by atoms with Crippen molar-refractivity contribution in [2.75, 3.05) is 25.6 Å². The van der Waals surface area contributed by atoms with Gasteiger partial charge >= 0.3 is 0 Å². The minimum absolute atomic E-state index is 0.0128. The number of nitriles is 1. The fourth-order valence-electron chi connectivity index (χ4n) is 1.20. The van der Waals surface area contributed by atoms with Crippen LogP contribution in [0.2, 0.25) is 0 Å². The van der Waals surface area contributed by atoms with Crippen molar-refractivity contribution < 1.29 is 14.3 Å². The number of benzene rings is 1. The van der Waals surface area contributed by atoms with Crippen LogP contribution in [0.4, 0.5) is 5.69 Å². The van der Waals surface area contributed by atoms with Gasteiger partial charge in [0.05, 0.1) is 13.0 Å². The molecule has 0 bridgehead atoms. The summed E-state index contributed by atoms with van der Waals surface area (Å²) in [5.74, 6) is 0.431. The Kier molecular flexibility index (Phi) is 5.55. The molecule has 0 aliphatic rings. The number of ether oxygens (including phenoxy) is 2. The molecule has 0 aliphatic heterocycles. The van der Waals surface area contributed by atoms with Gasteiger partial charge in [-0.15, -0.1) is 0 Å². The maximum atomic E-state index is 11.4. The van der Waals surface area contributed by atoms with E-state index in [0.717, 1.165) is 0 Å². The molecular formula is C12H14N2O3. The fourth-order valence-corrected chi connectivity index (χ4v) is 1.20. The summed E-state index contributed by atoms with van der Waals surface area (Å²) in [5.41, 5.74) is 0.640. The molecule has 0 aliphatic carbocycles. The Labute approximate surface area is 100.0 Å². The fraction of sp³-hybridized carbons (Fsp3) is 0.333. The van der Waals surface area contributed by atoms with E-state index in [9.17, 15) is 4.79 Å². The average molecular weight is 234 g/mol. The molecule has 1 rings (SSSR count). The SMILES string of the molecule is COCCC(=O)Nc1cccc(OCC#N)c1. The molecule has 0 aromatic heterocycles. The van der Waals surface area contributed by atoms with Crippen molar-refractivity contribution in [3.63, 3.8) is 0 Å². The number of nitrogens with zero attached hydrogens (tertiary/aromatic N) is 1. The van der Waals surface area contributed by atoms with Crippen LogP contribution in [0.15, 0.2) is 24.3 Å². The second kappa shape index (κ2) is 7.25. The molecule has 1 N–H and O–H groups in total. The summed E-state index contributed by atoms with van der Waals surface area (Å²) >= 11 is 0. The molecule has 0 radical (unpaired) electrons. The Morgan fingerprint density at radius 1 is 1.53 bits per heavy atom. The zero-order valence-electron chi connectivity index (χ0n) is 9.60. The molecule has 0 saturated heterocycles. The third-order valence-corrected chi connectivity index (χ3v) is 1.95. The third kappa shape index (κ3) is 5.00. The molecule has 0 spiro atoms. The highest BCUT2D eigenvalue weighted by atomic mass is 16.5. The zero-order chi connectivity index (χ0) is 12.5. The van der Waals surface area contributed by atoms with Crippen LogP contribution in [-0.4, -0.2) is 26.2 Å². The van der Waals surface area contributed by atoms with E-state index < -0.39 is 0 Å². The molecule has 5 heteroatoms. The van der Waals surface area contributed by atoms with Gasteiger partial charge in [0.1, 0.15) is 11.8 Å². The molecule has 0 heterocycles. The molecular weight excluding hydrogens is 220 g/mol. The van der Waals surface area contributed by atoms with E-state index in [2.05, 4.69) is 5.32 Å². The van der Waals surface area contributed by atoms with Gasteiger partial charge in [-0.25, -0.2) is 0 Å². The number of nitrogens with one attached hydrogen (secondary N) is 1. The van der Waals surface area contributed by atoms with E-state index in [4.69, 9.17) is 14.7 Å². The summed E-state index contributed by atoms with van der Waals surface area (Å²) in [6, 6.07) is 8.77. The Morgan fingerprint density at radius 2 is 2.35 bits per heavy atom. The van der Waals surface area contributed by atoms with E-state index in [0.29, 0.717) is 24.5 Å². The molecule has 1 amide bonds. The molecule has 90 valence electrons. The Morgan fingerprint density at radius 3 is 3.06 bits per heavy atom. The van der Waals surface area contributed by atoms with Crippen molar-refractivity contribution in [3.05, 3.63) is 24.3 Å². The van der Waals surface area contributed by atoms with Crippen molar-refractivity contribution >= 4 is 11.6 Å². The van der Waals surface area contributed by atoms with E-state index in [1.807, 2.05) is 6.07 Å². The minimum atomic E-state index is -0.121. The van der Waals surface area contributed by atoms with Gasteiger partial charge in [-0.3, -0.25) is 4.79 Å². The monoisotopic (exact) mass is 234 g/mol. The van der Waals surface area contributed by atoms with Crippen LogP contribution in [-0.2, 0) is 9.53 Å². The number of hydrogen-bond acceptors (Lipinski definition) is 4. The predicted octanol–water partition coefficient (Wildman–Crippen LogP) is 1.56. The molecule has 0 fully saturated rings. The molecule has 0 unspecified atom stereocenters. The van der Waals surface area contributed by atoms with Gasteiger partial charge in [0.25, 0.3) is 0 Å². The maximum absolute atomic E-state index is 11.4. The Balaban J connectivity index is 2.53. The van der Waals surface area contributed by atoms with Crippen LogP contribution in [0.1, 0.15) is 6.42 Å². The summed E-state index contributed by atoms with van der Waals surface area (Å²) < 4.78 is 9.93. The molecule has 1 aromatic carbocycles. The quantitative estimate of drug-likeness (QED) is 0.810. The lowest BCUT2D eigenvalue weighted by Crippen LogP contribution is -2.13. The molecule has 0 saturated carbocycles. The first-order valence-electron chi connectivity index (χ1n) is 5.15. The summed E-state index contributed by atoms with van der Waals surface area (Å²) in [6.07, 6.45) is 0.305. The highest BCUT2D eigenvalue weighted by Gasteiger charge is 2.02. The van der Waals surface area contributed by atoms with Gasteiger partial charge < -0.3 is 14.8 Å². The predicted molar refractivity (Wildman–Crippen MR) is 62.7 cm³/mol. The summed E-state index contributed by atoms with van der Waals surface area (Å²) in [7, 11) is 1.55. The van der Waals surface area contributed by atoms with Gasteiger partial charge in [0.15, 0.2) is 6.61 Å². The van der Waals surface area contributed by atoms with Crippen molar-refractivity contribution in [3.8, 4) is 11.8 Å². The van der Waals surface area contributed by atoms with E-state index in [-0.39, 0.29) is 12.5 Å². The number of carbonyl (C=O) groups excluding carboxylic acids is 1. The van der Waals surface area contributed by atoms with Crippen molar-refractivity contribution in [2.45, 2.75) is 6.42 Å². The molecule has 5 nitrogen and oxygen atoms in total. The Hall–Kier alpha value is -2.06. The largest absolute Gasteiger partial charge is 0.479 e. The first-order chi connectivity index (χ1) is 8.26. The van der Waals surface area contributed by atoms with Crippen LogP contribution < -0.4 is 10.1 Å². The van der Waals surface area contributed by atoms with Gasteiger partial charge in [0, 0.05) is 18.9 Å². The van der Waals surface area contributed by atoms with Gasteiger partial charge in [-0.2, -0.15) is 5.26 Å². The smallest absolute Gasteiger partial charge is 0.226 e. The number of rotatable bonds is 6. The summed E-state index contributed by atoms with van der Waals surface area (Å²) in [6.45, 7) is 0.373. The van der Waals surface area contributed by atoms with E-state index in [1.165, 1.54) is 0 Å². The topological polar surface area (TPSA) is 71.3 Å². The van der Waals surface area contributed by atoms with E-state index >= 15 is 0 Å². The average Bonchev–Trinajstić information content (AvgIpc) is 2.34. The number of methoxy groups -OCH3 is 1.